The summed E-state index contributed by atoms with van der Waals surface area (Å²) in [6, 6.07) is 0. The van der Waals surface area contributed by atoms with Crippen LogP contribution in [0.2, 0.25) is 0 Å². The van der Waals surface area contributed by atoms with Crippen LogP contribution in [0.15, 0.2) is 22.0 Å². The van der Waals surface area contributed by atoms with Crippen molar-refractivity contribution in [3.05, 3.63) is 54.6 Å². The number of methoxy groups -OCH3 is 2. The second-order valence-electron chi connectivity index (χ2n) is 5.77. The van der Waals surface area contributed by atoms with E-state index >= 15 is 0 Å². The average Bonchev–Trinajstić information content (AvgIpc) is 3.03. The van der Waals surface area contributed by atoms with Crippen LogP contribution in [0.1, 0.15) is 37.6 Å². The highest BCUT2D eigenvalue weighted by atomic mass is 16.6. The molecule has 2 rings (SSSR count). The van der Waals surface area contributed by atoms with Gasteiger partial charge in [-0.1, -0.05) is 0 Å². The maximum absolute atomic E-state index is 12.9. The summed E-state index contributed by atoms with van der Waals surface area (Å²) in [6.07, 6.45) is 4.22. The average molecular weight is 379 g/mol. The fourth-order valence-corrected chi connectivity index (χ4v) is 2.56. The Kier molecular flexibility index (Phi) is 6.08. The highest BCUT2D eigenvalue weighted by Crippen LogP contribution is 2.20. The Morgan fingerprint density at radius 1 is 1.15 bits per heavy atom. The Balaban J connectivity index is 2.87. The highest BCUT2D eigenvalue weighted by molar-refractivity contribution is 5.71. The van der Waals surface area contributed by atoms with Crippen molar-refractivity contribution in [3.8, 4) is 0 Å². The molecular formula is C16H21N5O6. The Morgan fingerprint density at radius 2 is 1.74 bits per heavy atom. The predicted octanol–water partition coefficient (Wildman–Crippen LogP) is 1.15. The molecule has 0 N–H and O–H groups in total. The van der Waals surface area contributed by atoms with E-state index in [9.17, 15) is 19.7 Å². The molecule has 0 aliphatic rings. The molecule has 11 nitrogen and oxygen atoms in total. The molecule has 0 aliphatic carbocycles. The first-order valence-electron chi connectivity index (χ1n) is 8.00. The van der Waals surface area contributed by atoms with Gasteiger partial charge >= 0.3 is 16.9 Å². The number of ether oxygens (including phenoxy) is 2. The number of nitrogens with zero attached hydrogens (tertiary/aromatic N) is 5. The Bertz CT molecular complexity index is 986. The lowest BCUT2D eigenvalue weighted by Gasteiger charge is -2.20. The number of hydrogen-bond acceptors (Lipinski definition) is 7. The fourth-order valence-electron chi connectivity index (χ4n) is 2.56. The maximum atomic E-state index is 12.9. The number of nitro groups is 1. The molecule has 2 aromatic heterocycles. The lowest BCUT2D eigenvalue weighted by Crippen LogP contribution is -2.45. The molecular weight excluding hydrogens is 358 g/mol. The zero-order chi connectivity index (χ0) is 20.3. The molecule has 0 amide bonds. The predicted molar refractivity (Wildman–Crippen MR) is 97.2 cm³/mol. The van der Waals surface area contributed by atoms with Crippen molar-refractivity contribution < 1.29 is 14.4 Å². The molecule has 0 fully saturated rings. The van der Waals surface area contributed by atoms with Gasteiger partial charge in [0.1, 0.15) is 18.1 Å². The van der Waals surface area contributed by atoms with Gasteiger partial charge in [0, 0.05) is 33.0 Å². The minimum atomic E-state index is -1.05. The van der Waals surface area contributed by atoms with Crippen molar-refractivity contribution in [2.24, 2.45) is 7.05 Å². The first kappa shape index (κ1) is 20.3. The third kappa shape index (κ3) is 3.88. The second-order valence-corrected chi connectivity index (χ2v) is 5.77. The minimum absolute atomic E-state index is 0.173. The monoisotopic (exact) mass is 379 g/mol. The first-order valence-corrected chi connectivity index (χ1v) is 8.00. The summed E-state index contributed by atoms with van der Waals surface area (Å²) in [5, 5.41) is 15.6. The Morgan fingerprint density at radius 3 is 2.22 bits per heavy atom. The molecule has 2 heterocycles. The van der Waals surface area contributed by atoms with Crippen molar-refractivity contribution in [2.75, 3.05) is 14.2 Å². The van der Waals surface area contributed by atoms with Crippen LogP contribution in [0.25, 0.3) is 12.2 Å². The molecule has 11 heteroatoms. The van der Waals surface area contributed by atoms with Crippen LogP contribution in [0.3, 0.4) is 0 Å². The quantitative estimate of drug-likeness (QED) is 0.522. The van der Waals surface area contributed by atoms with E-state index in [2.05, 4.69) is 5.10 Å². The van der Waals surface area contributed by atoms with Crippen LogP contribution in [0.5, 0.6) is 0 Å². The van der Waals surface area contributed by atoms with E-state index < -0.39 is 34.3 Å². The van der Waals surface area contributed by atoms with Crippen molar-refractivity contribution in [3.63, 3.8) is 0 Å². The minimum Gasteiger partial charge on any atom is -0.361 e. The third-order valence-corrected chi connectivity index (χ3v) is 4.09. The summed E-state index contributed by atoms with van der Waals surface area (Å²) < 4.78 is 13.5. The molecule has 0 spiro atoms. The van der Waals surface area contributed by atoms with Gasteiger partial charge in [0.25, 0.3) is 0 Å². The van der Waals surface area contributed by atoms with Gasteiger partial charge in [0.05, 0.1) is 11.1 Å². The first-order chi connectivity index (χ1) is 12.7. The summed E-state index contributed by atoms with van der Waals surface area (Å²) in [6.45, 7) is 2.98. The summed E-state index contributed by atoms with van der Waals surface area (Å²) in [5.41, 5.74) is -2.11. The Hall–Kier alpha value is -3.05. The van der Waals surface area contributed by atoms with Crippen LogP contribution in [-0.2, 0) is 16.5 Å². The van der Waals surface area contributed by atoms with E-state index in [-0.39, 0.29) is 5.69 Å². The molecule has 146 valence electrons. The van der Waals surface area contributed by atoms with Crippen LogP contribution in [0.4, 0.5) is 5.69 Å². The van der Waals surface area contributed by atoms with Crippen LogP contribution in [-0.4, -0.2) is 38.1 Å². The number of rotatable bonds is 7. The van der Waals surface area contributed by atoms with Crippen LogP contribution >= 0.6 is 0 Å². The molecule has 2 aromatic rings. The summed E-state index contributed by atoms with van der Waals surface area (Å²) in [7, 11) is 4.37. The number of aryl methyl sites for hydroxylation is 1. The van der Waals surface area contributed by atoms with Crippen molar-refractivity contribution in [1.82, 2.24) is 18.9 Å². The largest absolute Gasteiger partial charge is 0.361 e. The molecule has 2 atom stereocenters. The number of hydrogen-bond donors (Lipinski definition) is 0. The maximum Gasteiger partial charge on any atom is 0.357 e. The van der Waals surface area contributed by atoms with Gasteiger partial charge in [-0.15, -0.1) is 0 Å². The van der Waals surface area contributed by atoms with Gasteiger partial charge in [-0.25, -0.2) is 9.36 Å². The fraction of sp³-hybridized carbons (Fsp3) is 0.438. The Labute approximate surface area is 154 Å². The molecule has 27 heavy (non-hydrogen) atoms. The molecule has 0 aliphatic heterocycles. The van der Waals surface area contributed by atoms with E-state index in [0.717, 1.165) is 4.57 Å². The van der Waals surface area contributed by atoms with Crippen molar-refractivity contribution in [1.29, 1.82) is 0 Å². The smallest absolute Gasteiger partial charge is 0.357 e. The van der Waals surface area contributed by atoms with E-state index in [1.54, 1.807) is 31.0 Å². The molecule has 0 bridgehead atoms. The van der Waals surface area contributed by atoms with E-state index in [0.29, 0.717) is 10.1 Å². The lowest BCUT2D eigenvalue weighted by atomic mass is 10.2. The third-order valence-electron chi connectivity index (χ3n) is 4.09. The van der Waals surface area contributed by atoms with Gasteiger partial charge in [-0.3, -0.25) is 24.2 Å². The molecule has 0 saturated heterocycles. The van der Waals surface area contributed by atoms with Crippen molar-refractivity contribution in [2.45, 2.75) is 26.3 Å². The molecule has 0 aromatic carbocycles. The summed E-state index contributed by atoms with van der Waals surface area (Å²) >= 11 is 0. The normalized spacial score (nSPS) is 13.8. The molecule has 2 unspecified atom stereocenters. The van der Waals surface area contributed by atoms with Gasteiger partial charge < -0.3 is 9.47 Å². The molecule has 0 radical (unpaired) electrons. The van der Waals surface area contributed by atoms with Crippen LogP contribution in [0, 0.1) is 10.1 Å². The summed E-state index contributed by atoms with van der Waals surface area (Å²) in [4.78, 5) is 36.4. The summed E-state index contributed by atoms with van der Waals surface area (Å²) in [5.74, 6) is 0. The van der Waals surface area contributed by atoms with E-state index in [4.69, 9.17) is 9.47 Å². The topological polar surface area (TPSA) is 123 Å². The van der Waals surface area contributed by atoms with Gasteiger partial charge in [0.15, 0.2) is 0 Å². The van der Waals surface area contributed by atoms with Gasteiger partial charge in [0.2, 0.25) is 0 Å². The van der Waals surface area contributed by atoms with E-state index in [1.807, 2.05) is 0 Å². The van der Waals surface area contributed by atoms with E-state index in [1.165, 1.54) is 33.3 Å². The number of aromatic nitrogens is 4. The second kappa shape index (κ2) is 8.10. The highest BCUT2D eigenvalue weighted by Gasteiger charge is 2.30. The zero-order valence-electron chi connectivity index (χ0n) is 15.6. The zero-order valence-corrected chi connectivity index (χ0v) is 15.6. The standard InChI is InChI=1S/C16H21N5O6/c1-10(26-4)19-13(7-6-12-8-17-18(3)9-12)14(21(24)25)15(22)20(16(19)23)11(2)27-5/h6-11H,1-5H3/b7-6+. The molecule has 0 saturated carbocycles. The van der Waals surface area contributed by atoms with Crippen molar-refractivity contribution >= 4 is 17.8 Å². The van der Waals surface area contributed by atoms with Crippen LogP contribution < -0.4 is 11.2 Å². The van der Waals surface area contributed by atoms with Gasteiger partial charge in [-0.05, 0) is 26.0 Å². The van der Waals surface area contributed by atoms with Gasteiger partial charge in [-0.2, -0.15) is 5.10 Å². The SMILES string of the molecule is COC(C)n1c(/C=C/c2cnn(C)c2)c([N+](=O)[O-])c(=O)n(C(C)OC)c1=O. The lowest BCUT2D eigenvalue weighted by molar-refractivity contribution is -0.387.